The van der Waals surface area contributed by atoms with Crippen LogP contribution in [0.25, 0.3) is 0 Å². The molecular formula is C14H15N3O. The van der Waals surface area contributed by atoms with Crippen LogP contribution in [-0.2, 0) is 11.3 Å². The summed E-state index contributed by atoms with van der Waals surface area (Å²) in [5.41, 5.74) is 1.14. The fourth-order valence-corrected chi connectivity index (χ4v) is 1.47. The second kappa shape index (κ2) is 5.87. The Morgan fingerprint density at radius 1 is 1.39 bits per heavy atom. The highest BCUT2D eigenvalue weighted by atomic mass is 16.1. The minimum Gasteiger partial charge on any atom is -0.387 e. The molecule has 0 saturated heterocycles. The minimum absolute atomic E-state index is 0.123. The van der Waals surface area contributed by atoms with E-state index < -0.39 is 0 Å². The average molecular weight is 241 g/mol. The number of nitrogens with zero attached hydrogens (tertiary/aromatic N) is 1. The molecule has 0 aliphatic heterocycles. The Morgan fingerprint density at radius 2 is 2.11 bits per heavy atom. The van der Waals surface area contributed by atoms with Gasteiger partial charge in [-0.05, 0) is 18.4 Å². The number of nitrogens with one attached hydrogen (secondary N) is 2. The largest absolute Gasteiger partial charge is 0.387 e. The molecule has 4 nitrogen and oxygen atoms in total. The van der Waals surface area contributed by atoms with E-state index in [1.807, 2.05) is 36.4 Å². The van der Waals surface area contributed by atoms with Crippen molar-refractivity contribution in [3.8, 4) is 6.07 Å². The summed E-state index contributed by atoms with van der Waals surface area (Å²) in [6.07, 6.45) is 3.74. The highest BCUT2D eigenvalue weighted by molar-refractivity contribution is 5.97. The van der Waals surface area contributed by atoms with E-state index in [1.54, 1.807) is 0 Å². The van der Waals surface area contributed by atoms with Gasteiger partial charge in [0.25, 0.3) is 5.91 Å². The van der Waals surface area contributed by atoms with Gasteiger partial charge in [0.2, 0.25) is 0 Å². The molecule has 0 atom stereocenters. The molecule has 1 saturated carbocycles. The van der Waals surface area contributed by atoms with Gasteiger partial charge in [0.05, 0.1) is 0 Å². The molecule has 1 aromatic rings. The van der Waals surface area contributed by atoms with E-state index in [2.05, 4.69) is 10.6 Å². The molecule has 4 heteroatoms. The number of amides is 1. The first kappa shape index (κ1) is 12.2. The predicted octanol–water partition coefficient (Wildman–Crippen LogP) is 1.46. The summed E-state index contributed by atoms with van der Waals surface area (Å²) in [6, 6.07) is 12.0. The molecule has 0 unspecified atom stereocenters. The fourth-order valence-electron chi connectivity index (χ4n) is 1.47. The van der Waals surface area contributed by atoms with E-state index in [0.29, 0.717) is 12.6 Å². The lowest BCUT2D eigenvalue weighted by Gasteiger charge is -2.04. The van der Waals surface area contributed by atoms with Crippen LogP contribution in [-0.4, -0.2) is 11.9 Å². The molecule has 0 aromatic heterocycles. The lowest BCUT2D eigenvalue weighted by atomic mass is 10.2. The van der Waals surface area contributed by atoms with Gasteiger partial charge in [0.15, 0.2) is 0 Å². The van der Waals surface area contributed by atoms with E-state index in [-0.39, 0.29) is 11.5 Å². The van der Waals surface area contributed by atoms with Gasteiger partial charge in [0, 0.05) is 18.8 Å². The van der Waals surface area contributed by atoms with Crippen molar-refractivity contribution in [3.05, 3.63) is 47.7 Å². The van der Waals surface area contributed by atoms with E-state index in [0.717, 1.165) is 18.4 Å². The summed E-state index contributed by atoms with van der Waals surface area (Å²) in [5, 5.41) is 14.7. The van der Waals surface area contributed by atoms with E-state index >= 15 is 0 Å². The molecular weight excluding hydrogens is 226 g/mol. The second-order valence-corrected chi connectivity index (χ2v) is 4.28. The van der Waals surface area contributed by atoms with Crippen molar-refractivity contribution in [2.24, 2.45) is 0 Å². The maximum absolute atomic E-state index is 11.7. The molecule has 1 aliphatic carbocycles. The molecule has 1 aromatic carbocycles. The van der Waals surface area contributed by atoms with Crippen molar-refractivity contribution in [3.63, 3.8) is 0 Å². The van der Waals surface area contributed by atoms with Crippen LogP contribution >= 0.6 is 0 Å². The lowest BCUT2D eigenvalue weighted by Crippen LogP contribution is -2.25. The average Bonchev–Trinajstić information content (AvgIpc) is 3.22. The third-order valence-corrected chi connectivity index (χ3v) is 2.70. The van der Waals surface area contributed by atoms with Crippen molar-refractivity contribution in [2.75, 3.05) is 0 Å². The summed E-state index contributed by atoms with van der Waals surface area (Å²) < 4.78 is 0. The van der Waals surface area contributed by atoms with Gasteiger partial charge in [-0.2, -0.15) is 5.26 Å². The molecule has 1 amide bonds. The Kier molecular flexibility index (Phi) is 3.98. The van der Waals surface area contributed by atoms with Gasteiger partial charge in [-0.3, -0.25) is 4.79 Å². The quantitative estimate of drug-likeness (QED) is 0.606. The number of hydrogen-bond donors (Lipinski definition) is 2. The third kappa shape index (κ3) is 3.63. The minimum atomic E-state index is -0.338. The Labute approximate surface area is 106 Å². The summed E-state index contributed by atoms with van der Waals surface area (Å²) in [4.78, 5) is 11.7. The van der Waals surface area contributed by atoms with Gasteiger partial charge >= 0.3 is 0 Å². The maximum atomic E-state index is 11.7. The summed E-state index contributed by atoms with van der Waals surface area (Å²) in [6.45, 7) is 0.433. The number of hydrogen-bond acceptors (Lipinski definition) is 3. The molecule has 92 valence electrons. The van der Waals surface area contributed by atoms with Crippen molar-refractivity contribution in [2.45, 2.75) is 25.4 Å². The number of carbonyl (C=O) groups excluding carboxylic acids is 1. The third-order valence-electron chi connectivity index (χ3n) is 2.70. The van der Waals surface area contributed by atoms with Gasteiger partial charge in [-0.25, -0.2) is 0 Å². The first-order valence-corrected chi connectivity index (χ1v) is 5.98. The zero-order chi connectivity index (χ0) is 12.8. The van der Waals surface area contributed by atoms with Gasteiger partial charge in [0.1, 0.15) is 11.6 Å². The normalized spacial score (nSPS) is 14.7. The Bertz CT molecular complexity index is 484. The molecule has 0 heterocycles. The molecule has 2 N–H and O–H groups in total. The maximum Gasteiger partial charge on any atom is 0.263 e. The zero-order valence-electron chi connectivity index (χ0n) is 10.0. The van der Waals surface area contributed by atoms with Crippen LogP contribution in [0.15, 0.2) is 42.1 Å². The smallest absolute Gasteiger partial charge is 0.263 e. The Morgan fingerprint density at radius 3 is 2.72 bits per heavy atom. The number of rotatable bonds is 5. The highest BCUT2D eigenvalue weighted by Gasteiger charge is 2.20. The van der Waals surface area contributed by atoms with E-state index in [4.69, 9.17) is 5.26 Å². The second-order valence-electron chi connectivity index (χ2n) is 4.28. The molecule has 1 aliphatic rings. The fraction of sp³-hybridized carbons (Fsp3) is 0.286. The molecule has 2 rings (SSSR count). The van der Waals surface area contributed by atoms with Crippen molar-refractivity contribution in [1.29, 1.82) is 5.26 Å². The van der Waals surface area contributed by atoms with Crippen LogP contribution < -0.4 is 10.6 Å². The zero-order valence-corrected chi connectivity index (χ0v) is 10.0. The van der Waals surface area contributed by atoms with Crippen molar-refractivity contribution >= 4 is 5.91 Å². The molecule has 18 heavy (non-hydrogen) atoms. The van der Waals surface area contributed by atoms with Gasteiger partial charge in [-0.1, -0.05) is 30.3 Å². The predicted molar refractivity (Wildman–Crippen MR) is 68.1 cm³/mol. The van der Waals surface area contributed by atoms with Crippen LogP contribution in [0, 0.1) is 11.3 Å². The number of benzene rings is 1. The van der Waals surface area contributed by atoms with Crippen LogP contribution in [0.4, 0.5) is 0 Å². The lowest BCUT2D eigenvalue weighted by molar-refractivity contribution is -0.117. The van der Waals surface area contributed by atoms with Crippen LogP contribution in [0.5, 0.6) is 0 Å². The SMILES string of the molecule is N#C/C(=C/NC1CC1)C(=O)NCc1ccccc1. The monoisotopic (exact) mass is 241 g/mol. The molecule has 1 fully saturated rings. The molecule has 0 spiro atoms. The Balaban J connectivity index is 1.86. The van der Waals surface area contributed by atoms with Gasteiger partial charge in [-0.15, -0.1) is 0 Å². The van der Waals surface area contributed by atoms with E-state index in [1.165, 1.54) is 6.20 Å². The first-order chi connectivity index (χ1) is 8.79. The molecule has 0 bridgehead atoms. The number of nitriles is 1. The van der Waals surface area contributed by atoms with E-state index in [9.17, 15) is 4.79 Å². The molecule has 0 radical (unpaired) electrons. The van der Waals surface area contributed by atoms with Crippen LogP contribution in [0.3, 0.4) is 0 Å². The van der Waals surface area contributed by atoms with Crippen LogP contribution in [0.2, 0.25) is 0 Å². The highest BCUT2D eigenvalue weighted by Crippen LogP contribution is 2.18. The topological polar surface area (TPSA) is 64.9 Å². The Hall–Kier alpha value is -2.28. The standard InChI is InChI=1S/C14H15N3O/c15-8-12(10-16-13-6-7-13)14(18)17-9-11-4-2-1-3-5-11/h1-5,10,13,16H,6-7,9H2,(H,17,18)/b12-10-. The first-order valence-electron chi connectivity index (χ1n) is 5.98. The van der Waals surface area contributed by atoms with Gasteiger partial charge < -0.3 is 10.6 Å². The van der Waals surface area contributed by atoms with Crippen molar-refractivity contribution in [1.82, 2.24) is 10.6 Å². The summed E-state index contributed by atoms with van der Waals surface area (Å²) >= 11 is 0. The summed E-state index contributed by atoms with van der Waals surface area (Å²) in [7, 11) is 0. The van der Waals surface area contributed by atoms with Crippen molar-refractivity contribution < 1.29 is 4.79 Å². The number of carbonyl (C=O) groups is 1. The van der Waals surface area contributed by atoms with Crippen LogP contribution in [0.1, 0.15) is 18.4 Å². The summed E-state index contributed by atoms with van der Waals surface area (Å²) in [5.74, 6) is -0.338.